The summed E-state index contributed by atoms with van der Waals surface area (Å²) in [6, 6.07) is 10.6. The summed E-state index contributed by atoms with van der Waals surface area (Å²) in [6.07, 6.45) is 0. The number of nitrogens with one attached hydrogen (secondary N) is 1. The fraction of sp³-hybridized carbons (Fsp3) is 0.0667. The van der Waals surface area contributed by atoms with Crippen LogP contribution in [0.2, 0.25) is 0 Å². The molecule has 0 saturated heterocycles. The van der Waals surface area contributed by atoms with Crippen molar-refractivity contribution in [3.63, 3.8) is 0 Å². The quantitative estimate of drug-likeness (QED) is 0.823. The molecule has 2 rings (SSSR count). The average Bonchev–Trinajstić information content (AvgIpc) is 2.39. The zero-order valence-corrected chi connectivity index (χ0v) is 10.8. The number of nitrogen functional groups attached to an aromatic ring is 1. The van der Waals surface area contributed by atoms with Crippen LogP contribution >= 0.6 is 0 Å². The summed E-state index contributed by atoms with van der Waals surface area (Å²) >= 11 is 0. The summed E-state index contributed by atoms with van der Waals surface area (Å²) in [5.74, 6) is -0.924. The van der Waals surface area contributed by atoms with Crippen molar-refractivity contribution in [3.05, 3.63) is 58.9 Å². The number of halogens is 1. The van der Waals surface area contributed by atoms with Gasteiger partial charge in [-0.05, 0) is 48.9 Å². The molecular formula is C15H12FN3O. The third-order valence-corrected chi connectivity index (χ3v) is 2.73. The van der Waals surface area contributed by atoms with E-state index in [9.17, 15) is 9.18 Å². The van der Waals surface area contributed by atoms with E-state index in [-0.39, 0.29) is 11.3 Å². The molecule has 0 aliphatic carbocycles. The van der Waals surface area contributed by atoms with Gasteiger partial charge in [-0.3, -0.25) is 4.79 Å². The maximum atomic E-state index is 13.3. The molecular weight excluding hydrogens is 257 g/mol. The highest BCUT2D eigenvalue weighted by Gasteiger charge is 2.10. The Bertz CT molecular complexity index is 699. The van der Waals surface area contributed by atoms with Gasteiger partial charge in [-0.15, -0.1) is 0 Å². The van der Waals surface area contributed by atoms with Crippen LogP contribution in [-0.4, -0.2) is 5.91 Å². The lowest BCUT2D eigenvalue weighted by Crippen LogP contribution is -2.13. The second kappa shape index (κ2) is 5.41. The van der Waals surface area contributed by atoms with Crippen LogP contribution < -0.4 is 11.1 Å². The van der Waals surface area contributed by atoms with Gasteiger partial charge in [0.15, 0.2) is 0 Å². The van der Waals surface area contributed by atoms with Crippen molar-refractivity contribution in [1.29, 1.82) is 5.26 Å². The number of nitriles is 1. The predicted molar refractivity (Wildman–Crippen MR) is 74.7 cm³/mol. The standard InChI is InChI=1S/C15H12FN3O/c1-9-4-11(7-12(16)5-9)15(20)19-14-3-2-10(8-17)6-13(14)18/h2-7H,18H2,1H3,(H,19,20). The van der Waals surface area contributed by atoms with Gasteiger partial charge in [-0.2, -0.15) is 5.26 Å². The number of nitrogens with two attached hydrogens (primary N) is 1. The number of amides is 1. The monoisotopic (exact) mass is 269 g/mol. The van der Waals surface area contributed by atoms with Crippen LogP contribution in [0.15, 0.2) is 36.4 Å². The van der Waals surface area contributed by atoms with Gasteiger partial charge in [0.25, 0.3) is 5.91 Å². The van der Waals surface area contributed by atoms with Crippen molar-refractivity contribution in [2.24, 2.45) is 0 Å². The highest BCUT2D eigenvalue weighted by molar-refractivity contribution is 6.05. The number of hydrogen-bond donors (Lipinski definition) is 2. The zero-order valence-electron chi connectivity index (χ0n) is 10.8. The number of anilines is 2. The Hall–Kier alpha value is -2.87. The van der Waals surface area contributed by atoms with Crippen LogP contribution in [0, 0.1) is 24.1 Å². The maximum absolute atomic E-state index is 13.3. The first-order valence-corrected chi connectivity index (χ1v) is 5.88. The van der Waals surface area contributed by atoms with Crippen molar-refractivity contribution >= 4 is 17.3 Å². The van der Waals surface area contributed by atoms with E-state index in [2.05, 4.69) is 5.32 Å². The minimum Gasteiger partial charge on any atom is -0.397 e. The van der Waals surface area contributed by atoms with E-state index < -0.39 is 11.7 Å². The number of rotatable bonds is 2. The normalized spacial score (nSPS) is 9.85. The van der Waals surface area contributed by atoms with Crippen molar-refractivity contribution in [3.8, 4) is 6.07 Å². The van der Waals surface area contributed by atoms with Gasteiger partial charge in [0.05, 0.1) is 23.0 Å². The highest BCUT2D eigenvalue weighted by Crippen LogP contribution is 2.20. The molecule has 0 heterocycles. The summed E-state index contributed by atoms with van der Waals surface area (Å²) in [4.78, 5) is 12.0. The van der Waals surface area contributed by atoms with Crippen LogP contribution in [0.3, 0.4) is 0 Å². The first-order valence-electron chi connectivity index (χ1n) is 5.88. The van der Waals surface area contributed by atoms with Gasteiger partial charge in [-0.25, -0.2) is 4.39 Å². The van der Waals surface area contributed by atoms with Gasteiger partial charge in [0.2, 0.25) is 0 Å². The maximum Gasteiger partial charge on any atom is 0.255 e. The summed E-state index contributed by atoms with van der Waals surface area (Å²) in [7, 11) is 0. The number of carbonyl (C=O) groups excluding carboxylic acids is 1. The van der Waals surface area contributed by atoms with Crippen LogP contribution in [-0.2, 0) is 0 Å². The van der Waals surface area contributed by atoms with E-state index in [0.29, 0.717) is 16.8 Å². The number of carbonyl (C=O) groups is 1. The van der Waals surface area contributed by atoms with Gasteiger partial charge >= 0.3 is 0 Å². The Morgan fingerprint density at radius 3 is 2.65 bits per heavy atom. The van der Waals surface area contributed by atoms with Crippen LogP contribution in [0.25, 0.3) is 0 Å². The summed E-state index contributed by atoms with van der Waals surface area (Å²) < 4.78 is 13.3. The topological polar surface area (TPSA) is 78.9 Å². The molecule has 0 aromatic heterocycles. The molecule has 5 heteroatoms. The average molecular weight is 269 g/mol. The van der Waals surface area contributed by atoms with E-state index in [1.165, 1.54) is 18.2 Å². The molecule has 2 aromatic carbocycles. The lowest BCUT2D eigenvalue weighted by atomic mass is 10.1. The van der Waals surface area contributed by atoms with Crippen LogP contribution in [0.5, 0.6) is 0 Å². The molecule has 0 radical (unpaired) electrons. The molecule has 3 N–H and O–H groups in total. The van der Waals surface area contributed by atoms with E-state index in [1.807, 2.05) is 6.07 Å². The molecule has 0 atom stereocenters. The van der Waals surface area contributed by atoms with Gasteiger partial charge < -0.3 is 11.1 Å². The third kappa shape index (κ3) is 2.93. The van der Waals surface area contributed by atoms with E-state index in [1.54, 1.807) is 19.1 Å². The highest BCUT2D eigenvalue weighted by atomic mass is 19.1. The Morgan fingerprint density at radius 1 is 1.30 bits per heavy atom. The van der Waals surface area contributed by atoms with E-state index in [0.717, 1.165) is 6.07 Å². The van der Waals surface area contributed by atoms with Crippen molar-refractivity contribution in [1.82, 2.24) is 0 Å². The second-order valence-corrected chi connectivity index (χ2v) is 4.39. The smallest absolute Gasteiger partial charge is 0.255 e. The summed E-state index contributed by atoms with van der Waals surface area (Å²) in [6.45, 7) is 1.70. The van der Waals surface area contributed by atoms with E-state index >= 15 is 0 Å². The predicted octanol–water partition coefficient (Wildman–Crippen LogP) is 2.84. The lowest BCUT2D eigenvalue weighted by molar-refractivity contribution is 0.102. The van der Waals surface area contributed by atoms with Crippen LogP contribution in [0.4, 0.5) is 15.8 Å². The largest absolute Gasteiger partial charge is 0.397 e. The van der Waals surface area contributed by atoms with Crippen molar-refractivity contribution in [2.45, 2.75) is 6.92 Å². The Morgan fingerprint density at radius 2 is 2.05 bits per heavy atom. The molecule has 0 aliphatic rings. The molecule has 0 saturated carbocycles. The minimum atomic E-state index is -0.469. The van der Waals surface area contributed by atoms with Gasteiger partial charge in [0, 0.05) is 5.56 Å². The molecule has 0 unspecified atom stereocenters. The lowest BCUT2D eigenvalue weighted by Gasteiger charge is -2.09. The SMILES string of the molecule is Cc1cc(F)cc(C(=O)Nc2ccc(C#N)cc2N)c1. The van der Waals surface area contributed by atoms with E-state index in [4.69, 9.17) is 11.0 Å². The Balaban J connectivity index is 2.26. The molecule has 2 aromatic rings. The molecule has 20 heavy (non-hydrogen) atoms. The molecule has 0 aliphatic heterocycles. The second-order valence-electron chi connectivity index (χ2n) is 4.39. The first-order chi connectivity index (χ1) is 9.49. The number of benzene rings is 2. The van der Waals surface area contributed by atoms with Gasteiger partial charge in [-0.1, -0.05) is 0 Å². The molecule has 0 spiro atoms. The fourth-order valence-corrected chi connectivity index (χ4v) is 1.81. The molecule has 100 valence electrons. The number of aryl methyl sites for hydroxylation is 1. The molecule has 0 fully saturated rings. The number of nitrogens with zero attached hydrogens (tertiary/aromatic N) is 1. The minimum absolute atomic E-state index is 0.214. The molecule has 1 amide bonds. The summed E-state index contributed by atoms with van der Waals surface area (Å²) in [5.41, 5.74) is 7.69. The first kappa shape index (κ1) is 13.6. The zero-order chi connectivity index (χ0) is 14.7. The van der Waals surface area contributed by atoms with Crippen LogP contribution in [0.1, 0.15) is 21.5 Å². The summed E-state index contributed by atoms with van der Waals surface area (Å²) in [5, 5.41) is 11.3. The Kier molecular flexibility index (Phi) is 3.67. The number of hydrogen-bond acceptors (Lipinski definition) is 3. The fourth-order valence-electron chi connectivity index (χ4n) is 1.81. The van der Waals surface area contributed by atoms with Gasteiger partial charge in [0.1, 0.15) is 5.82 Å². The van der Waals surface area contributed by atoms with Crippen molar-refractivity contribution in [2.75, 3.05) is 11.1 Å². The Labute approximate surface area is 115 Å². The molecule has 4 nitrogen and oxygen atoms in total. The van der Waals surface area contributed by atoms with Crippen molar-refractivity contribution < 1.29 is 9.18 Å². The molecule has 0 bridgehead atoms. The third-order valence-electron chi connectivity index (χ3n) is 2.73.